The van der Waals surface area contributed by atoms with Crippen LogP contribution in [-0.2, 0) is 9.31 Å². The summed E-state index contributed by atoms with van der Waals surface area (Å²) in [7, 11) is -0.493. The van der Waals surface area contributed by atoms with E-state index in [0.717, 1.165) is 17.1 Å². The quantitative estimate of drug-likeness (QED) is 0.861. The third-order valence-electron chi connectivity index (χ3n) is 4.38. The number of aromatic nitrogens is 3. The zero-order valence-electron chi connectivity index (χ0n) is 15.0. The minimum atomic E-state index is -0.493. The molecule has 2 aromatic rings. The molecule has 0 unspecified atom stereocenters. The molecule has 1 N–H and O–H groups in total. The molecule has 0 radical (unpaired) electrons. The van der Waals surface area contributed by atoms with Crippen molar-refractivity contribution in [2.45, 2.75) is 65.2 Å². The first kappa shape index (κ1) is 16.3. The predicted molar refractivity (Wildman–Crippen MR) is 92.1 cm³/mol. The first-order valence-electron chi connectivity index (χ1n) is 7.96. The van der Waals surface area contributed by atoms with E-state index in [9.17, 15) is 0 Å². The summed E-state index contributed by atoms with van der Waals surface area (Å²) in [6.45, 7) is 14.4. The van der Waals surface area contributed by atoms with Gasteiger partial charge in [0.25, 0.3) is 0 Å². The number of hydrogen-bond acceptors (Lipinski definition) is 5. The summed E-state index contributed by atoms with van der Waals surface area (Å²) in [6.07, 6.45) is 5.58. The minimum absolute atomic E-state index is 0.117. The van der Waals surface area contributed by atoms with Crippen LogP contribution in [0.25, 0.3) is 5.65 Å². The molecule has 1 fully saturated rings. The second-order valence-corrected chi connectivity index (χ2v) is 8.14. The van der Waals surface area contributed by atoms with Crippen LogP contribution in [0.15, 0.2) is 18.6 Å². The van der Waals surface area contributed by atoms with Crippen LogP contribution in [0.2, 0.25) is 0 Å². The van der Waals surface area contributed by atoms with Gasteiger partial charge < -0.3 is 19.0 Å². The number of nitrogens with one attached hydrogen (secondary N) is 1. The summed E-state index contributed by atoms with van der Waals surface area (Å²) in [4.78, 5) is 9.11. The molecule has 124 valence electrons. The van der Waals surface area contributed by atoms with Crippen molar-refractivity contribution >= 4 is 24.2 Å². The fourth-order valence-corrected chi connectivity index (χ4v) is 2.47. The van der Waals surface area contributed by atoms with Crippen LogP contribution in [0.1, 0.15) is 48.5 Å². The Kier molecular flexibility index (Phi) is 3.50. The number of fused-ring (bicyclic) bond motifs is 1. The lowest BCUT2D eigenvalue weighted by Gasteiger charge is -2.32. The van der Waals surface area contributed by atoms with Gasteiger partial charge in [-0.2, -0.15) is 0 Å². The maximum Gasteiger partial charge on any atom is 0.516 e. The second kappa shape index (κ2) is 4.95. The summed E-state index contributed by atoms with van der Waals surface area (Å²) < 4.78 is 14.2. The van der Waals surface area contributed by atoms with Gasteiger partial charge >= 0.3 is 7.12 Å². The molecular formula is C16H25BN4O2. The second-order valence-electron chi connectivity index (χ2n) is 8.14. The fraction of sp³-hybridized carbons (Fsp3) is 0.625. The molecule has 0 aliphatic carbocycles. The van der Waals surface area contributed by atoms with E-state index < -0.39 is 7.12 Å². The van der Waals surface area contributed by atoms with Gasteiger partial charge in [0.2, 0.25) is 0 Å². The van der Waals surface area contributed by atoms with E-state index in [1.807, 2.05) is 44.5 Å². The average molecular weight is 316 g/mol. The van der Waals surface area contributed by atoms with E-state index in [2.05, 4.69) is 31.1 Å². The van der Waals surface area contributed by atoms with Gasteiger partial charge in [-0.15, -0.1) is 0 Å². The molecule has 3 heterocycles. The molecule has 7 heteroatoms. The molecule has 0 spiro atoms. The van der Waals surface area contributed by atoms with Crippen LogP contribution in [0.3, 0.4) is 0 Å². The van der Waals surface area contributed by atoms with Gasteiger partial charge in [0, 0.05) is 24.1 Å². The van der Waals surface area contributed by atoms with Crippen molar-refractivity contribution in [2.75, 3.05) is 5.32 Å². The van der Waals surface area contributed by atoms with Crippen LogP contribution in [0.5, 0.6) is 0 Å². The molecule has 1 aliphatic heterocycles. The van der Waals surface area contributed by atoms with Gasteiger partial charge in [0.05, 0.1) is 16.8 Å². The highest BCUT2D eigenvalue weighted by atomic mass is 16.7. The van der Waals surface area contributed by atoms with Crippen molar-refractivity contribution in [3.05, 3.63) is 18.6 Å². The standard InChI is InChI=1S/C16H25BN4O2/c1-14(2,3)20-12-13-18-8-9-21(13)10-11(19-12)17-22-15(4,5)16(6,7)23-17/h8-10H,1-7H3,(H,19,20). The molecule has 23 heavy (non-hydrogen) atoms. The maximum absolute atomic E-state index is 6.11. The molecule has 1 aliphatic rings. The van der Waals surface area contributed by atoms with E-state index in [-0.39, 0.29) is 16.7 Å². The summed E-state index contributed by atoms with van der Waals surface area (Å²) in [5.74, 6) is 0.731. The minimum Gasteiger partial charge on any atom is -0.398 e. The van der Waals surface area contributed by atoms with Gasteiger partial charge in [-0.3, -0.25) is 0 Å². The lowest BCUT2D eigenvalue weighted by atomic mass is 9.85. The topological polar surface area (TPSA) is 60.7 Å². The van der Waals surface area contributed by atoms with Gasteiger partial charge in [-0.05, 0) is 48.5 Å². The highest BCUT2D eigenvalue weighted by Crippen LogP contribution is 2.36. The molecule has 0 saturated carbocycles. The number of nitrogens with zero attached hydrogens (tertiary/aromatic N) is 3. The van der Waals surface area contributed by atoms with Crippen LogP contribution in [-0.4, -0.2) is 38.2 Å². The highest BCUT2D eigenvalue weighted by Gasteiger charge is 2.52. The van der Waals surface area contributed by atoms with Crippen LogP contribution in [0.4, 0.5) is 5.82 Å². The highest BCUT2D eigenvalue weighted by molar-refractivity contribution is 6.61. The van der Waals surface area contributed by atoms with Crippen molar-refractivity contribution in [1.82, 2.24) is 14.4 Å². The molecule has 0 aromatic carbocycles. The summed E-state index contributed by atoms with van der Waals surface area (Å²) in [5, 5.41) is 3.41. The van der Waals surface area contributed by atoms with E-state index in [1.54, 1.807) is 6.20 Å². The average Bonchev–Trinajstić information content (AvgIpc) is 2.90. The lowest BCUT2D eigenvalue weighted by Crippen LogP contribution is -2.41. The Hall–Kier alpha value is -1.60. The normalized spacial score (nSPS) is 20.2. The van der Waals surface area contributed by atoms with Crippen molar-refractivity contribution in [2.24, 2.45) is 0 Å². The van der Waals surface area contributed by atoms with E-state index in [1.165, 1.54) is 0 Å². The van der Waals surface area contributed by atoms with Gasteiger partial charge in [0.15, 0.2) is 11.5 Å². The van der Waals surface area contributed by atoms with Crippen molar-refractivity contribution in [3.8, 4) is 0 Å². The third kappa shape index (κ3) is 2.95. The Morgan fingerprint density at radius 2 is 1.74 bits per heavy atom. The monoisotopic (exact) mass is 316 g/mol. The maximum atomic E-state index is 6.11. The smallest absolute Gasteiger partial charge is 0.398 e. The van der Waals surface area contributed by atoms with E-state index in [0.29, 0.717) is 0 Å². The molecule has 2 aromatic heterocycles. The molecule has 3 rings (SSSR count). The molecule has 0 amide bonds. The fourth-order valence-electron chi connectivity index (χ4n) is 2.47. The number of hydrogen-bond donors (Lipinski definition) is 1. The Bertz CT molecular complexity index is 717. The van der Waals surface area contributed by atoms with Crippen LogP contribution in [0, 0.1) is 0 Å². The Labute approximate surface area is 137 Å². The molecular weight excluding hydrogens is 291 g/mol. The van der Waals surface area contributed by atoms with Gasteiger partial charge in [-0.25, -0.2) is 9.97 Å². The van der Waals surface area contributed by atoms with Crippen LogP contribution < -0.4 is 10.9 Å². The van der Waals surface area contributed by atoms with Gasteiger partial charge in [-0.1, -0.05) is 0 Å². The number of rotatable bonds is 2. The Balaban J connectivity index is 2.03. The first-order chi connectivity index (χ1) is 10.5. The first-order valence-corrected chi connectivity index (χ1v) is 7.96. The molecule has 0 bridgehead atoms. The number of anilines is 1. The molecule has 1 saturated heterocycles. The summed E-state index contributed by atoms with van der Waals surface area (Å²) in [6, 6.07) is 0. The third-order valence-corrected chi connectivity index (χ3v) is 4.38. The SMILES string of the molecule is CC(C)(C)Nc1nc(B2OC(C)(C)C(C)(C)O2)cn2ccnc12. The van der Waals surface area contributed by atoms with Crippen molar-refractivity contribution in [3.63, 3.8) is 0 Å². The van der Waals surface area contributed by atoms with E-state index >= 15 is 0 Å². The summed E-state index contributed by atoms with van der Waals surface area (Å²) in [5.41, 5.74) is 0.636. The van der Waals surface area contributed by atoms with Crippen molar-refractivity contribution in [1.29, 1.82) is 0 Å². The molecule has 6 nitrogen and oxygen atoms in total. The lowest BCUT2D eigenvalue weighted by molar-refractivity contribution is 0.00578. The zero-order valence-corrected chi connectivity index (χ0v) is 15.0. The predicted octanol–water partition coefficient (Wildman–Crippen LogP) is 2.24. The van der Waals surface area contributed by atoms with Crippen molar-refractivity contribution < 1.29 is 9.31 Å². The van der Waals surface area contributed by atoms with Crippen LogP contribution >= 0.6 is 0 Å². The zero-order chi connectivity index (χ0) is 17.0. The van der Waals surface area contributed by atoms with Gasteiger partial charge in [0.1, 0.15) is 0 Å². The number of imidazole rings is 1. The molecule has 0 atom stereocenters. The summed E-state index contributed by atoms with van der Waals surface area (Å²) >= 11 is 0. The Morgan fingerprint density at radius 1 is 1.13 bits per heavy atom. The Morgan fingerprint density at radius 3 is 2.30 bits per heavy atom. The van der Waals surface area contributed by atoms with E-state index in [4.69, 9.17) is 14.3 Å². The largest absolute Gasteiger partial charge is 0.516 e.